The molecule has 0 radical (unpaired) electrons. The molecule has 4 heterocycles. The van der Waals surface area contributed by atoms with Crippen molar-refractivity contribution < 1.29 is 18.3 Å². The van der Waals surface area contributed by atoms with Crippen LogP contribution in [0, 0.1) is 11.6 Å². The molecule has 35 heavy (non-hydrogen) atoms. The van der Waals surface area contributed by atoms with Crippen molar-refractivity contribution in [3.63, 3.8) is 0 Å². The van der Waals surface area contributed by atoms with E-state index < -0.39 is 17.4 Å². The highest BCUT2D eigenvalue weighted by molar-refractivity contribution is 6.02. The van der Waals surface area contributed by atoms with Crippen LogP contribution in [0.3, 0.4) is 0 Å². The van der Waals surface area contributed by atoms with Crippen molar-refractivity contribution in [3.05, 3.63) is 77.6 Å². The number of hydrogen-bond acceptors (Lipinski definition) is 6. The zero-order chi connectivity index (χ0) is 23.8. The second-order valence-electron chi connectivity index (χ2n) is 9.22. The number of aromatic nitrogens is 2. The van der Waals surface area contributed by atoms with Crippen molar-refractivity contribution in [2.24, 2.45) is 4.99 Å². The Morgan fingerprint density at radius 2 is 1.51 bits per heavy atom. The molecule has 0 amide bonds. The van der Waals surface area contributed by atoms with Crippen LogP contribution in [0.5, 0.6) is 0 Å². The third-order valence-corrected chi connectivity index (χ3v) is 7.11. The van der Waals surface area contributed by atoms with E-state index in [1.165, 1.54) is 18.2 Å². The Hall–Kier alpha value is -3.23. The van der Waals surface area contributed by atoms with Gasteiger partial charge < -0.3 is 14.4 Å². The SMILES string of the molecule is Fc1cccc(F)c1C1=NC(c2ccc(-c3cnc(N4CCC5(CC4)OCCO5)nc3)cc2)CC1. The first-order valence-electron chi connectivity index (χ1n) is 12.1. The van der Waals surface area contributed by atoms with E-state index in [2.05, 4.69) is 19.9 Å². The molecule has 8 heteroatoms. The van der Waals surface area contributed by atoms with Gasteiger partial charge in [0, 0.05) is 49.6 Å². The molecule has 0 saturated carbocycles. The molecule has 3 aromatic rings. The third-order valence-electron chi connectivity index (χ3n) is 7.11. The van der Waals surface area contributed by atoms with Gasteiger partial charge in [0.15, 0.2) is 5.79 Å². The van der Waals surface area contributed by atoms with E-state index in [0.717, 1.165) is 49.0 Å². The smallest absolute Gasteiger partial charge is 0.225 e. The average Bonchev–Trinajstić information content (AvgIpc) is 3.55. The molecule has 1 unspecified atom stereocenters. The van der Waals surface area contributed by atoms with E-state index in [1.807, 2.05) is 36.7 Å². The number of hydrogen-bond donors (Lipinski definition) is 0. The van der Waals surface area contributed by atoms with Crippen LogP contribution in [0.4, 0.5) is 14.7 Å². The number of halogens is 2. The molecule has 6 rings (SSSR count). The highest BCUT2D eigenvalue weighted by atomic mass is 19.1. The summed E-state index contributed by atoms with van der Waals surface area (Å²) in [7, 11) is 0. The zero-order valence-corrected chi connectivity index (χ0v) is 19.3. The van der Waals surface area contributed by atoms with Gasteiger partial charge in [-0.1, -0.05) is 30.3 Å². The Balaban J connectivity index is 1.13. The van der Waals surface area contributed by atoms with Gasteiger partial charge in [-0.05, 0) is 36.1 Å². The summed E-state index contributed by atoms with van der Waals surface area (Å²) >= 11 is 0. The highest BCUT2D eigenvalue weighted by Crippen LogP contribution is 2.34. The van der Waals surface area contributed by atoms with Crippen molar-refractivity contribution in [2.75, 3.05) is 31.2 Å². The largest absolute Gasteiger partial charge is 0.347 e. The Morgan fingerprint density at radius 1 is 0.857 bits per heavy atom. The lowest BCUT2D eigenvalue weighted by molar-refractivity contribution is -0.169. The fraction of sp³-hybridized carbons (Fsp3) is 0.370. The summed E-state index contributed by atoms with van der Waals surface area (Å²) in [5.74, 6) is -0.822. The summed E-state index contributed by atoms with van der Waals surface area (Å²) in [5.41, 5.74) is 3.45. The van der Waals surface area contributed by atoms with E-state index >= 15 is 0 Å². The summed E-state index contributed by atoms with van der Waals surface area (Å²) < 4.78 is 39.9. The average molecular weight is 477 g/mol. The topological polar surface area (TPSA) is 59.8 Å². The number of ether oxygens (including phenoxy) is 2. The molecular weight excluding hydrogens is 450 g/mol. The lowest BCUT2D eigenvalue weighted by Gasteiger charge is -2.37. The predicted molar refractivity (Wildman–Crippen MR) is 128 cm³/mol. The second-order valence-corrected chi connectivity index (χ2v) is 9.22. The van der Waals surface area contributed by atoms with E-state index in [-0.39, 0.29) is 11.6 Å². The van der Waals surface area contributed by atoms with E-state index in [1.54, 1.807) is 0 Å². The quantitative estimate of drug-likeness (QED) is 0.525. The van der Waals surface area contributed by atoms with Crippen molar-refractivity contribution in [1.29, 1.82) is 0 Å². The molecule has 3 aliphatic rings. The molecule has 2 aromatic carbocycles. The van der Waals surface area contributed by atoms with Crippen molar-refractivity contribution in [3.8, 4) is 11.1 Å². The van der Waals surface area contributed by atoms with Crippen LogP contribution in [0.15, 0.2) is 59.9 Å². The van der Waals surface area contributed by atoms with Crippen LogP contribution < -0.4 is 4.90 Å². The maximum atomic E-state index is 14.1. The van der Waals surface area contributed by atoms with Gasteiger partial charge in [0.2, 0.25) is 5.95 Å². The zero-order valence-electron chi connectivity index (χ0n) is 19.3. The number of anilines is 1. The van der Waals surface area contributed by atoms with Gasteiger partial charge in [0.1, 0.15) is 11.6 Å². The standard InChI is InChI=1S/C27H26F2N4O2/c28-21-2-1-3-22(29)25(21)24-9-8-23(32-24)19-6-4-18(5-7-19)20-16-30-26(31-17-20)33-12-10-27(11-13-33)34-14-15-35-27/h1-7,16-17,23H,8-15H2. The van der Waals surface area contributed by atoms with Crippen molar-refractivity contribution in [2.45, 2.75) is 37.5 Å². The lowest BCUT2D eigenvalue weighted by Crippen LogP contribution is -2.45. The summed E-state index contributed by atoms with van der Waals surface area (Å²) in [6, 6.07) is 11.9. The fourth-order valence-electron chi connectivity index (χ4n) is 5.16. The molecule has 2 fully saturated rings. The predicted octanol–water partition coefficient (Wildman–Crippen LogP) is 5.09. The number of nitrogens with zero attached hydrogens (tertiary/aromatic N) is 4. The Bertz CT molecular complexity index is 1210. The molecule has 0 N–H and O–H groups in total. The number of rotatable bonds is 4. The molecule has 1 spiro atoms. The van der Waals surface area contributed by atoms with Gasteiger partial charge in [0.25, 0.3) is 0 Å². The van der Waals surface area contributed by atoms with E-state index in [0.29, 0.717) is 31.3 Å². The summed E-state index contributed by atoms with van der Waals surface area (Å²) in [6.45, 7) is 2.94. The van der Waals surface area contributed by atoms with Gasteiger partial charge >= 0.3 is 0 Å². The van der Waals surface area contributed by atoms with Crippen molar-refractivity contribution >= 4 is 11.7 Å². The maximum absolute atomic E-state index is 14.1. The van der Waals surface area contributed by atoms with Gasteiger partial charge in [-0.15, -0.1) is 0 Å². The number of benzene rings is 2. The Labute approximate surface area is 202 Å². The molecule has 3 aliphatic heterocycles. The lowest BCUT2D eigenvalue weighted by atomic mass is 10.0. The molecule has 180 valence electrons. The first-order chi connectivity index (χ1) is 17.1. The normalized spacial score (nSPS) is 21.5. The van der Waals surface area contributed by atoms with Gasteiger partial charge in [-0.2, -0.15) is 0 Å². The maximum Gasteiger partial charge on any atom is 0.225 e. The Kier molecular flexibility index (Phi) is 5.78. The minimum Gasteiger partial charge on any atom is -0.347 e. The molecular formula is C27H26F2N4O2. The van der Waals surface area contributed by atoms with Gasteiger partial charge in [-0.3, -0.25) is 4.99 Å². The highest BCUT2D eigenvalue weighted by Gasteiger charge is 2.40. The molecule has 2 saturated heterocycles. The van der Waals surface area contributed by atoms with Crippen LogP contribution >= 0.6 is 0 Å². The summed E-state index contributed by atoms with van der Waals surface area (Å²) in [5, 5.41) is 0. The molecule has 1 atom stereocenters. The minimum absolute atomic E-state index is 0.00368. The molecule has 1 aromatic heterocycles. The summed E-state index contributed by atoms with van der Waals surface area (Å²) in [6.07, 6.45) is 6.60. The molecule has 0 bridgehead atoms. The Morgan fingerprint density at radius 3 is 2.17 bits per heavy atom. The van der Waals surface area contributed by atoms with Crippen LogP contribution in [0.2, 0.25) is 0 Å². The first kappa shape index (κ1) is 22.2. The van der Waals surface area contributed by atoms with Crippen LogP contribution in [0.1, 0.15) is 42.9 Å². The minimum atomic E-state index is -0.563. The van der Waals surface area contributed by atoms with Crippen molar-refractivity contribution in [1.82, 2.24) is 9.97 Å². The number of piperidine rings is 1. The summed E-state index contributed by atoms with van der Waals surface area (Å²) in [4.78, 5) is 16.0. The van der Waals surface area contributed by atoms with Gasteiger partial charge in [0.05, 0.1) is 24.8 Å². The fourth-order valence-corrected chi connectivity index (χ4v) is 5.16. The number of aliphatic imine (C=N–C) groups is 1. The van der Waals surface area contributed by atoms with E-state index in [4.69, 9.17) is 9.47 Å². The molecule has 6 nitrogen and oxygen atoms in total. The van der Waals surface area contributed by atoms with E-state index in [9.17, 15) is 8.78 Å². The molecule has 0 aliphatic carbocycles. The first-order valence-corrected chi connectivity index (χ1v) is 12.1. The third kappa shape index (κ3) is 4.32. The second kappa shape index (κ2) is 9.09. The monoisotopic (exact) mass is 476 g/mol. The van der Waals surface area contributed by atoms with Gasteiger partial charge in [-0.25, -0.2) is 18.7 Å². The van der Waals surface area contributed by atoms with Crippen LogP contribution in [0.25, 0.3) is 11.1 Å². The van der Waals surface area contributed by atoms with Crippen LogP contribution in [-0.4, -0.2) is 47.8 Å². The van der Waals surface area contributed by atoms with Crippen LogP contribution in [-0.2, 0) is 9.47 Å².